The number of nitrogens with one attached hydrogen (secondary N) is 2. The van der Waals surface area contributed by atoms with Crippen LogP contribution >= 0.6 is 0 Å². The summed E-state index contributed by atoms with van der Waals surface area (Å²) in [5.74, 6) is 0.240. The minimum absolute atomic E-state index is 0.0430. The Hall–Kier alpha value is -2.91. The monoisotopic (exact) mass is 471 g/mol. The summed E-state index contributed by atoms with van der Waals surface area (Å²) in [6.07, 6.45) is 2.50. The molecule has 2 aliphatic heterocycles. The Balaban J connectivity index is 1.24. The van der Waals surface area contributed by atoms with Crippen LogP contribution in [0.5, 0.6) is 5.75 Å². The summed E-state index contributed by atoms with van der Waals surface area (Å²) in [5, 5.41) is 5.92. The van der Waals surface area contributed by atoms with E-state index in [1.54, 1.807) is 24.3 Å². The van der Waals surface area contributed by atoms with E-state index in [2.05, 4.69) is 10.6 Å². The van der Waals surface area contributed by atoms with Crippen molar-refractivity contribution in [1.82, 2.24) is 9.62 Å². The van der Waals surface area contributed by atoms with Crippen molar-refractivity contribution in [2.24, 2.45) is 5.92 Å². The van der Waals surface area contributed by atoms with E-state index in [0.717, 1.165) is 11.3 Å². The Morgan fingerprint density at radius 3 is 2.52 bits per heavy atom. The van der Waals surface area contributed by atoms with Gasteiger partial charge in [0.2, 0.25) is 21.8 Å². The van der Waals surface area contributed by atoms with Gasteiger partial charge in [0.25, 0.3) is 0 Å². The van der Waals surface area contributed by atoms with Crippen LogP contribution in [0.25, 0.3) is 0 Å². The molecule has 1 fully saturated rings. The van der Waals surface area contributed by atoms with Crippen molar-refractivity contribution in [1.29, 1.82) is 0 Å². The van der Waals surface area contributed by atoms with Crippen LogP contribution in [0.1, 0.15) is 31.2 Å². The molecule has 2 aromatic carbocycles. The Kier molecular flexibility index (Phi) is 6.99. The SMILES string of the molecule is COc1ccc(S(=O)(=O)N2CCC(NC(=O)CCC3Cc4ccccc4NC3=O)CC2)cc1. The summed E-state index contributed by atoms with van der Waals surface area (Å²) in [4.78, 5) is 25.0. The molecule has 2 aliphatic rings. The highest BCUT2D eigenvalue weighted by molar-refractivity contribution is 7.89. The van der Waals surface area contributed by atoms with Gasteiger partial charge < -0.3 is 15.4 Å². The van der Waals surface area contributed by atoms with E-state index in [0.29, 0.717) is 44.5 Å². The summed E-state index contributed by atoms with van der Waals surface area (Å²) in [7, 11) is -2.04. The fourth-order valence-corrected chi connectivity index (χ4v) is 5.86. The van der Waals surface area contributed by atoms with Crippen molar-refractivity contribution in [2.45, 2.75) is 43.0 Å². The Morgan fingerprint density at radius 1 is 1.12 bits per heavy atom. The van der Waals surface area contributed by atoms with Crippen LogP contribution in [0.2, 0.25) is 0 Å². The third-order valence-corrected chi connectivity index (χ3v) is 8.26. The second kappa shape index (κ2) is 9.93. The number of methoxy groups -OCH3 is 1. The lowest BCUT2D eigenvalue weighted by molar-refractivity contribution is -0.123. The topological polar surface area (TPSA) is 105 Å². The largest absolute Gasteiger partial charge is 0.497 e. The lowest BCUT2D eigenvalue weighted by Crippen LogP contribution is -2.46. The van der Waals surface area contributed by atoms with Crippen molar-refractivity contribution in [3.63, 3.8) is 0 Å². The third-order valence-electron chi connectivity index (χ3n) is 6.35. The molecule has 2 aromatic rings. The molecule has 1 saturated heterocycles. The first-order valence-electron chi connectivity index (χ1n) is 11.2. The normalized spacial score (nSPS) is 19.4. The van der Waals surface area contributed by atoms with Crippen LogP contribution in [0, 0.1) is 5.92 Å². The number of carbonyl (C=O) groups is 2. The van der Waals surface area contributed by atoms with Gasteiger partial charge in [-0.05, 0) is 61.6 Å². The average molecular weight is 472 g/mol. The van der Waals surface area contributed by atoms with Crippen molar-refractivity contribution >= 4 is 27.5 Å². The maximum absolute atomic E-state index is 12.9. The molecule has 2 N–H and O–H groups in total. The molecule has 9 heteroatoms. The first-order chi connectivity index (χ1) is 15.9. The molecule has 0 spiro atoms. The Labute approximate surface area is 194 Å². The van der Waals surface area contributed by atoms with Crippen LogP contribution in [0.15, 0.2) is 53.4 Å². The minimum Gasteiger partial charge on any atom is -0.497 e. The lowest BCUT2D eigenvalue weighted by atomic mass is 9.89. The maximum Gasteiger partial charge on any atom is 0.243 e. The van der Waals surface area contributed by atoms with Gasteiger partial charge in [0.05, 0.1) is 12.0 Å². The molecular formula is C24H29N3O5S. The predicted molar refractivity (Wildman–Crippen MR) is 124 cm³/mol. The number of sulfonamides is 1. The number of carbonyl (C=O) groups excluding carboxylic acids is 2. The number of ether oxygens (including phenoxy) is 1. The molecule has 33 heavy (non-hydrogen) atoms. The van der Waals surface area contributed by atoms with Gasteiger partial charge in [0, 0.05) is 37.2 Å². The first-order valence-corrected chi connectivity index (χ1v) is 12.6. The number of piperidine rings is 1. The predicted octanol–water partition coefficient (Wildman–Crippen LogP) is 2.56. The fraction of sp³-hybridized carbons (Fsp3) is 0.417. The molecule has 2 heterocycles. The smallest absolute Gasteiger partial charge is 0.243 e. The zero-order valence-electron chi connectivity index (χ0n) is 18.6. The van der Waals surface area contributed by atoms with Crippen LogP contribution in [-0.4, -0.2) is 50.8 Å². The van der Waals surface area contributed by atoms with E-state index >= 15 is 0 Å². The van der Waals surface area contributed by atoms with Crippen LogP contribution in [-0.2, 0) is 26.0 Å². The molecule has 1 unspecified atom stereocenters. The number of fused-ring (bicyclic) bond motifs is 1. The molecule has 1 atom stereocenters. The highest BCUT2D eigenvalue weighted by Crippen LogP contribution is 2.28. The molecule has 2 amide bonds. The van der Waals surface area contributed by atoms with E-state index in [1.807, 2.05) is 24.3 Å². The minimum atomic E-state index is -3.57. The van der Waals surface area contributed by atoms with E-state index in [-0.39, 0.29) is 35.1 Å². The average Bonchev–Trinajstić information content (AvgIpc) is 2.83. The number of benzene rings is 2. The Bertz CT molecular complexity index is 1110. The molecule has 0 aromatic heterocycles. The van der Waals surface area contributed by atoms with Crippen molar-refractivity contribution in [2.75, 3.05) is 25.5 Å². The van der Waals surface area contributed by atoms with Crippen molar-refractivity contribution in [3.05, 3.63) is 54.1 Å². The van der Waals surface area contributed by atoms with Crippen LogP contribution < -0.4 is 15.4 Å². The molecule has 176 valence electrons. The van der Waals surface area contributed by atoms with Gasteiger partial charge in [-0.25, -0.2) is 8.42 Å². The molecule has 0 radical (unpaired) electrons. The van der Waals surface area contributed by atoms with Crippen LogP contribution in [0.4, 0.5) is 5.69 Å². The first kappa shape index (κ1) is 23.3. The van der Waals surface area contributed by atoms with E-state index in [4.69, 9.17) is 4.74 Å². The quantitative estimate of drug-likeness (QED) is 0.646. The number of hydrogen-bond donors (Lipinski definition) is 2. The fourth-order valence-electron chi connectivity index (χ4n) is 4.39. The number of rotatable bonds is 7. The number of hydrogen-bond acceptors (Lipinski definition) is 5. The standard InChI is InChI=1S/C24H29N3O5S/c1-32-20-7-9-21(10-8-20)33(30,31)27-14-12-19(13-15-27)25-23(28)11-6-18-16-17-4-2-3-5-22(17)26-24(18)29/h2-5,7-10,18-19H,6,11-16H2,1H3,(H,25,28)(H,26,29). The maximum atomic E-state index is 12.9. The second-order valence-corrected chi connectivity index (χ2v) is 10.4. The molecule has 8 nitrogen and oxygen atoms in total. The van der Waals surface area contributed by atoms with Gasteiger partial charge in [-0.3, -0.25) is 9.59 Å². The molecule has 4 rings (SSSR count). The van der Waals surface area contributed by atoms with E-state index in [1.165, 1.54) is 11.4 Å². The van der Waals surface area contributed by atoms with Gasteiger partial charge in [0.15, 0.2) is 0 Å². The van der Waals surface area contributed by atoms with Crippen molar-refractivity contribution in [3.8, 4) is 5.75 Å². The molecule has 0 bridgehead atoms. The third kappa shape index (κ3) is 5.36. The van der Waals surface area contributed by atoms with E-state index in [9.17, 15) is 18.0 Å². The van der Waals surface area contributed by atoms with Gasteiger partial charge in [-0.2, -0.15) is 4.31 Å². The molecule has 0 aliphatic carbocycles. The zero-order valence-corrected chi connectivity index (χ0v) is 19.4. The summed E-state index contributed by atoms with van der Waals surface area (Å²) < 4.78 is 32.3. The highest BCUT2D eigenvalue weighted by atomic mass is 32.2. The molecular weight excluding hydrogens is 442 g/mol. The van der Waals surface area contributed by atoms with Gasteiger partial charge in [0.1, 0.15) is 5.75 Å². The van der Waals surface area contributed by atoms with E-state index < -0.39 is 10.0 Å². The van der Waals surface area contributed by atoms with Gasteiger partial charge in [-0.15, -0.1) is 0 Å². The van der Waals surface area contributed by atoms with Gasteiger partial charge >= 0.3 is 0 Å². The van der Waals surface area contributed by atoms with Crippen LogP contribution in [0.3, 0.4) is 0 Å². The number of amides is 2. The summed E-state index contributed by atoms with van der Waals surface area (Å²) in [6, 6.07) is 14.0. The molecule has 0 saturated carbocycles. The number of nitrogens with zero attached hydrogens (tertiary/aromatic N) is 1. The lowest BCUT2D eigenvalue weighted by Gasteiger charge is -2.31. The number of para-hydroxylation sites is 1. The zero-order chi connectivity index (χ0) is 23.4. The Morgan fingerprint density at radius 2 is 1.82 bits per heavy atom. The van der Waals surface area contributed by atoms with Gasteiger partial charge in [-0.1, -0.05) is 18.2 Å². The number of anilines is 1. The summed E-state index contributed by atoms with van der Waals surface area (Å²) in [6.45, 7) is 0.697. The second-order valence-electron chi connectivity index (χ2n) is 8.51. The summed E-state index contributed by atoms with van der Waals surface area (Å²) >= 11 is 0. The van der Waals surface area contributed by atoms with Crippen molar-refractivity contribution < 1.29 is 22.7 Å². The highest BCUT2D eigenvalue weighted by Gasteiger charge is 2.31. The summed E-state index contributed by atoms with van der Waals surface area (Å²) in [5.41, 5.74) is 1.94.